The first-order valence-electron chi connectivity index (χ1n) is 7.82. The van der Waals surface area contributed by atoms with Gasteiger partial charge in [0.2, 0.25) is 6.79 Å². The van der Waals surface area contributed by atoms with Gasteiger partial charge in [-0.25, -0.2) is 0 Å². The molecule has 2 heterocycles. The van der Waals surface area contributed by atoms with Gasteiger partial charge in [-0.15, -0.1) is 0 Å². The molecule has 23 heavy (non-hydrogen) atoms. The first-order chi connectivity index (χ1) is 11.2. The number of hydrogen-bond donors (Lipinski definition) is 2. The van der Waals surface area contributed by atoms with Crippen LogP contribution in [0.1, 0.15) is 28.8 Å². The number of likely N-dealkylation sites (N-methyl/N-ethyl adjacent to an activating group) is 1. The zero-order chi connectivity index (χ0) is 15.7. The van der Waals surface area contributed by atoms with E-state index in [9.17, 15) is 10.2 Å². The van der Waals surface area contributed by atoms with Gasteiger partial charge in [0.05, 0.1) is 12.1 Å². The molecule has 0 spiro atoms. The molecule has 5 nitrogen and oxygen atoms in total. The third-order valence-corrected chi connectivity index (χ3v) is 5.24. The number of nitrogens with zero attached hydrogens (tertiary/aromatic N) is 1. The molecule has 2 N–H and O–H groups in total. The predicted octanol–water partition coefficient (Wildman–Crippen LogP) is 2.36. The lowest BCUT2D eigenvalue weighted by molar-refractivity contribution is 0.0541. The number of phenolic OH excluding ortho intramolecular Hbond substituents is 1. The van der Waals surface area contributed by atoms with Crippen molar-refractivity contribution < 1.29 is 19.7 Å². The molecule has 3 aliphatic rings. The van der Waals surface area contributed by atoms with Gasteiger partial charge in [-0.3, -0.25) is 4.90 Å². The van der Waals surface area contributed by atoms with Crippen molar-refractivity contribution in [1.82, 2.24) is 4.90 Å². The van der Waals surface area contributed by atoms with Crippen LogP contribution in [0.15, 0.2) is 24.3 Å². The summed E-state index contributed by atoms with van der Waals surface area (Å²) in [6.07, 6.45) is 0.218. The first-order valence-corrected chi connectivity index (χ1v) is 7.82. The normalized spacial score (nSPS) is 24.3. The summed E-state index contributed by atoms with van der Waals surface area (Å²) in [6, 6.07) is 7.20. The molecule has 0 amide bonds. The van der Waals surface area contributed by atoms with E-state index in [1.807, 2.05) is 19.2 Å². The number of hydrogen-bond acceptors (Lipinski definition) is 5. The second-order valence-electron chi connectivity index (χ2n) is 6.42. The van der Waals surface area contributed by atoms with Gasteiger partial charge in [0.25, 0.3) is 0 Å². The number of aromatic hydroxyl groups is 1. The van der Waals surface area contributed by atoms with Crippen LogP contribution in [0, 0.1) is 0 Å². The van der Waals surface area contributed by atoms with E-state index in [0.717, 1.165) is 35.4 Å². The van der Waals surface area contributed by atoms with Crippen molar-refractivity contribution >= 4 is 0 Å². The highest BCUT2D eigenvalue weighted by molar-refractivity contribution is 5.87. The summed E-state index contributed by atoms with van der Waals surface area (Å²) in [4.78, 5) is 2.17. The summed E-state index contributed by atoms with van der Waals surface area (Å²) in [7, 11) is 2.03. The smallest absolute Gasteiger partial charge is 0.231 e. The SMILES string of the molecule is CN1CCc2cc3c(c4c2C1C(O)c1cccc(O)c1-4)OCO3. The molecule has 2 aromatic carbocycles. The second kappa shape index (κ2) is 4.40. The maximum atomic E-state index is 10.9. The van der Waals surface area contributed by atoms with Crippen LogP contribution in [-0.4, -0.2) is 35.5 Å². The fourth-order valence-electron chi connectivity index (χ4n) is 4.20. The molecule has 0 saturated carbocycles. The number of benzene rings is 2. The Morgan fingerprint density at radius 1 is 1.22 bits per heavy atom. The molecular weight excluding hydrogens is 294 g/mol. The summed E-state index contributed by atoms with van der Waals surface area (Å²) in [5, 5.41) is 21.4. The highest BCUT2D eigenvalue weighted by atomic mass is 16.7. The van der Waals surface area contributed by atoms with Crippen LogP contribution >= 0.6 is 0 Å². The van der Waals surface area contributed by atoms with Crippen LogP contribution in [0.3, 0.4) is 0 Å². The lowest BCUT2D eigenvalue weighted by Gasteiger charge is -2.42. The van der Waals surface area contributed by atoms with Crippen LogP contribution in [0.2, 0.25) is 0 Å². The van der Waals surface area contributed by atoms with E-state index in [-0.39, 0.29) is 18.6 Å². The maximum absolute atomic E-state index is 10.9. The van der Waals surface area contributed by atoms with E-state index in [0.29, 0.717) is 11.3 Å². The molecule has 5 rings (SSSR count). The molecule has 118 valence electrons. The van der Waals surface area contributed by atoms with Crippen LogP contribution in [-0.2, 0) is 6.42 Å². The second-order valence-corrected chi connectivity index (χ2v) is 6.42. The molecule has 0 aromatic heterocycles. The van der Waals surface area contributed by atoms with E-state index in [2.05, 4.69) is 4.90 Å². The van der Waals surface area contributed by atoms with Crippen LogP contribution in [0.5, 0.6) is 17.2 Å². The van der Waals surface area contributed by atoms with Crippen molar-refractivity contribution in [2.45, 2.75) is 18.6 Å². The van der Waals surface area contributed by atoms with Crippen molar-refractivity contribution in [1.29, 1.82) is 0 Å². The van der Waals surface area contributed by atoms with Gasteiger partial charge in [-0.1, -0.05) is 12.1 Å². The van der Waals surface area contributed by atoms with Crippen molar-refractivity contribution in [3.8, 4) is 28.4 Å². The zero-order valence-electron chi connectivity index (χ0n) is 12.7. The Balaban J connectivity index is 1.93. The minimum absolute atomic E-state index is 0.127. The van der Waals surface area contributed by atoms with Gasteiger partial charge in [0.15, 0.2) is 11.5 Å². The minimum Gasteiger partial charge on any atom is -0.507 e. The number of ether oxygens (including phenoxy) is 2. The average molecular weight is 311 g/mol. The molecule has 1 aliphatic carbocycles. The van der Waals surface area contributed by atoms with E-state index in [1.165, 1.54) is 5.56 Å². The van der Waals surface area contributed by atoms with Crippen LogP contribution in [0.4, 0.5) is 0 Å². The summed E-state index contributed by atoms with van der Waals surface area (Å²) in [6.45, 7) is 1.07. The fourth-order valence-corrected chi connectivity index (χ4v) is 4.20. The molecule has 5 heteroatoms. The van der Waals surface area contributed by atoms with Crippen LogP contribution < -0.4 is 9.47 Å². The molecule has 2 atom stereocenters. The van der Waals surface area contributed by atoms with Crippen molar-refractivity contribution in [3.05, 3.63) is 41.0 Å². The Morgan fingerprint density at radius 2 is 2.09 bits per heavy atom. The Morgan fingerprint density at radius 3 is 2.96 bits per heavy atom. The summed E-state index contributed by atoms with van der Waals surface area (Å²) in [5.41, 5.74) is 4.52. The third kappa shape index (κ3) is 1.58. The van der Waals surface area contributed by atoms with Gasteiger partial charge in [0, 0.05) is 17.7 Å². The molecule has 0 fully saturated rings. The van der Waals surface area contributed by atoms with Gasteiger partial charge in [-0.05, 0) is 42.3 Å². The zero-order valence-corrected chi connectivity index (χ0v) is 12.7. The molecule has 0 saturated heterocycles. The quantitative estimate of drug-likeness (QED) is 0.782. The molecule has 2 aromatic rings. The van der Waals surface area contributed by atoms with Gasteiger partial charge < -0.3 is 19.7 Å². The monoisotopic (exact) mass is 311 g/mol. The summed E-state index contributed by atoms with van der Waals surface area (Å²) < 4.78 is 11.3. The fraction of sp³-hybridized carbons (Fsp3) is 0.333. The van der Waals surface area contributed by atoms with E-state index in [4.69, 9.17) is 9.47 Å². The number of aliphatic hydroxyl groups excluding tert-OH is 1. The Kier molecular flexibility index (Phi) is 2.53. The number of phenols is 1. The molecule has 2 unspecified atom stereocenters. The Hall–Kier alpha value is -2.24. The van der Waals surface area contributed by atoms with Gasteiger partial charge in [0.1, 0.15) is 5.75 Å². The predicted molar refractivity (Wildman–Crippen MR) is 83.7 cm³/mol. The third-order valence-electron chi connectivity index (χ3n) is 5.24. The Labute approximate surface area is 133 Å². The van der Waals surface area contributed by atoms with E-state index < -0.39 is 6.10 Å². The summed E-state index contributed by atoms with van der Waals surface area (Å²) in [5.74, 6) is 1.57. The lowest BCUT2D eigenvalue weighted by atomic mass is 9.75. The van der Waals surface area contributed by atoms with Crippen molar-refractivity contribution in [2.24, 2.45) is 0 Å². The molecular formula is C18H17NO4. The molecule has 2 aliphatic heterocycles. The largest absolute Gasteiger partial charge is 0.507 e. The highest BCUT2D eigenvalue weighted by Crippen LogP contribution is 2.58. The minimum atomic E-state index is -0.672. The lowest BCUT2D eigenvalue weighted by Crippen LogP contribution is -2.38. The first kappa shape index (κ1) is 13.2. The standard InChI is InChI=1S/C18H17NO4/c1-19-6-5-9-7-12-18(23-8-22-12)15-13(9)16(19)17(21)10-3-2-4-11(20)14(10)15/h2-4,7,16-17,20-21H,5-6,8H2,1H3. The van der Waals surface area contributed by atoms with Gasteiger partial charge in [-0.2, -0.15) is 0 Å². The van der Waals surface area contributed by atoms with Crippen molar-refractivity contribution in [2.75, 3.05) is 20.4 Å². The van der Waals surface area contributed by atoms with Crippen molar-refractivity contribution in [3.63, 3.8) is 0 Å². The average Bonchev–Trinajstić information content (AvgIpc) is 3.00. The molecule has 0 bridgehead atoms. The number of fused-ring (bicyclic) bond motifs is 4. The number of rotatable bonds is 0. The van der Waals surface area contributed by atoms with Crippen LogP contribution in [0.25, 0.3) is 11.1 Å². The summed E-state index contributed by atoms with van der Waals surface area (Å²) >= 11 is 0. The maximum Gasteiger partial charge on any atom is 0.231 e. The van der Waals surface area contributed by atoms with E-state index >= 15 is 0 Å². The van der Waals surface area contributed by atoms with E-state index in [1.54, 1.807) is 12.1 Å². The highest BCUT2D eigenvalue weighted by Gasteiger charge is 2.43. The topological polar surface area (TPSA) is 62.2 Å². The number of aliphatic hydroxyl groups is 1. The Bertz CT molecular complexity index is 832. The molecule has 0 radical (unpaired) electrons. The van der Waals surface area contributed by atoms with Gasteiger partial charge >= 0.3 is 0 Å².